The van der Waals surface area contributed by atoms with Crippen molar-refractivity contribution in [1.82, 2.24) is 20.4 Å². The van der Waals surface area contributed by atoms with Crippen LogP contribution in [-0.2, 0) is 27.2 Å². The number of carbonyl (C=O) groups excluding carboxylic acids is 3. The predicted octanol–water partition coefficient (Wildman–Crippen LogP) is 2.80. The quantitative estimate of drug-likeness (QED) is 0.410. The number of amides is 3. The summed E-state index contributed by atoms with van der Waals surface area (Å²) in [7, 11) is 4.88. The summed E-state index contributed by atoms with van der Waals surface area (Å²) in [6, 6.07) is 22.3. The molecule has 198 valence electrons. The molecule has 7 nitrogen and oxygen atoms in total. The first-order valence-corrected chi connectivity index (χ1v) is 13.0. The summed E-state index contributed by atoms with van der Waals surface area (Å²) in [5.74, 6) is -0.435. The highest BCUT2D eigenvalue weighted by atomic mass is 16.2. The minimum atomic E-state index is -0.777. The van der Waals surface area contributed by atoms with Gasteiger partial charge in [0.05, 0.1) is 0 Å². The molecule has 1 fully saturated rings. The molecule has 1 heterocycles. The number of fused-ring (bicyclic) bond motifs is 1. The van der Waals surface area contributed by atoms with Gasteiger partial charge in [0.25, 0.3) is 0 Å². The van der Waals surface area contributed by atoms with Crippen LogP contribution in [0, 0.1) is 5.92 Å². The molecule has 0 aromatic heterocycles. The number of nitrogens with zero attached hydrogens (tertiary/aromatic N) is 2. The lowest BCUT2D eigenvalue weighted by Gasteiger charge is -2.34. The highest BCUT2D eigenvalue weighted by Gasteiger charge is 2.34. The average molecular weight is 513 g/mol. The summed E-state index contributed by atoms with van der Waals surface area (Å²) in [6.45, 7) is 1.70. The van der Waals surface area contributed by atoms with Crippen LogP contribution in [0.3, 0.4) is 0 Å². The summed E-state index contributed by atoms with van der Waals surface area (Å²) in [5.41, 5.74) is 1.90. The van der Waals surface area contributed by atoms with Crippen LogP contribution in [-0.4, -0.2) is 73.8 Å². The Morgan fingerprint density at radius 1 is 0.868 bits per heavy atom. The van der Waals surface area contributed by atoms with E-state index in [0.717, 1.165) is 35.0 Å². The van der Waals surface area contributed by atoms with Gasteiger partial charge in [-0.3, -0.25) is 14.4 Å². The molecule has 2 atom stereocenters. The van der Waals surface area contributed by atoms with E-state index in [9.17, 15) is 14.4 Å². The molecule has 3 aromatic rings. The molecule has 1 saturated heterocycles. The Morgan fingerprint density at radius 3 is 2.18 bits per heavy atom. The first kappa shape index (κ1) is 27.1. The van der Waals surface area contributed by atoms with E-state index in [0.29, 0.717) is 18.8 Å². The molecule has 3 amide bonds. The van der Waals surface area contributed by atoms with Gasteiger partial charge >= 0.3 is 0 Å². The number of carbonyl (C=O) groups is 3. The Kier molecular flexibility index (Phi) is 8.92. The average Bonchev–Trinajstić information content (AvgIpc) is 2.92. The van der Waals surface area contributed by atoms with E-state index in [1.165, 1.54) is 9.80 Å². The van der Waals surface area contributed by atoms with Gasteiger partial charge in [0, 0.05) is 53.0 Å². The molecule has 0 bridgehead atoms. The maximum Gasteiger partial charge on any atom is 0.246 e. The third-order valence-corrected chi connectivity index (χ3v) is 7.30. The van der Waals surface area contributed by atoms with Crippen LogP contribution in [0.1, 0.15) is 11.1 Å². The Bertz CT molecular complexity index is 1300. The number of nitrogens with one attached hydrogen (secondary N) is 2. The van der Waals surface area contributed by atoms with Crippen LogP contribution in [0.4, 0.5) is 0 Å². The molecule has 3 aromatic carbocycles. The molecule has 0 saturated carbocycles. The van der Waals surface area contributed by atoms with Crippen molar-refractivity contribution in [3.05, 3.63) is 96.1 Å². The fourth-order valence-electron chi connectivity index (χ4n) is 4.71. The third-order valence-electron chi connectivity index (χ3n) is 7.30. The zero-order valence-electron chi connectivity index (χ0n) is 22.3. The summed E-state index contributed by atoms with van der Waals surface area (Å²) < 4.78 is 0. The van der Waals surface area contributed by atoms with Gasteiger partial charge in [0.1, 0.15) is 12.1 Å². The minimum absolute atomic E-state index is 0.232. The molecule has 2 N–H and O–H groups in total. The number of rotatable bonds is 10. The van der Waals surface area contributed by atoms with E-state index < -0.39 is 12.1 Å². The van der Waals surface area contributed by atoms with Crippen molar-refractivity contribution in [2.75, 3.05) is 34.2 Å². The Balaban J connectivity index is 1.62. The van der Waals surface area contributed by atoms with Gasteiger partial charge in [-0.1, -0.05) is 78.9 Å². The van der Waals surface area contributed by atoms with Crippen molar-refractivity contribution in [2.45, 2.75) is 24.9 Å². The standard InChI is InChI=1S/C31H36N4O3/c1-32-30(37)27(18-22-9-5-4-6-10-22)35(3)31(38)28(34(2)29(36)16-14-24-20-33-21-24)19-23-13-15-25-11-7-8-12-26(25)17-23/h4-17,24,27-28,33H,18-21H2,1-3H3,(H,32,37)/t27?,28-/m1/s1. The van der Waals surface area contributed by atoms with Crippen LogP contribution in [0.5, 0.6) is 0 Å². The highest BCUT2D eigenvalue weighted by Crippen LogP contribution is 2.20. The monoisotopic (exact) mass is 512 g/mol. The second kappa shape index (κ2) is 12.5. The van der Waals surface area contributed by atoms with Gasteiger partial charge in [-0.15, -0.1) is 0 Å². The first-order chi connectivity index (χ1) is 18.4. The fourth-order valence-corrected chi connectivity index (χ4v) is 4.71. The largest absolute Gasteiger partial charge is 0.357 e. The first-order valence-electron chi connectivity index (χ1n) is 13.0. The van der Waals surface area contributed by atoms with Crippen LogP contribution < -0.4 is 10.6 Å². The van der Waals surface area contributed by atoms with E-state index >= 15 is 0 Å². The molecular formula is C31H36N4O3. The second-order valence-corrected chi connectivity index (χ2v) is 9.90. The summed E-state index contributed by atoms with van der Waals surface area (Å²) in [4.78, 5) is 43.1. The molecule has 4 rings (SSSR count). The lowest BCUT2D eigenvalue weighted by atomic mass is 9.98. The van der Waals surface area contributed by atoms with Crippen molar-refractivity contribution in [1.29, 1.82) is 0 Å². The maximum absolute atomic E-state index is 14.0. The van der Waals surface area contributed by atoms with E-state index in [1.54, 1.807) is 27.2 Å². The van der Waals surface area contributed by atoms with Crippen molar-refractivity contribution < 1.29 is 14.4 Å². The Morgan fingerprint density at radius 2 is 1.53 bits per heavy atom. The van der Waals surface area contributed by atoms with Crippen molar-refractivity contribution >= 4 is 28.5 Å². The van der Waals surface area contributed by atoms with Gasteiger partial charge in [0.15, 0.2) is 0 Å². The zero-order chi connectivity index (χ0) is 27.1. The Labute approximate surface area is 224 Å². The molecule has 38 heavy (non-hydrogen) atoms. The predicted molar refractivity (Wildman–Crippen MR) is 150 cm³/mol. The zero-order valence-corrected chi connectivity index (χ0v) is 22.3. The van der Waals surface area contributed by atoms with Crippen molar-refractivity contribution in [2.24, 2.45) is 5.92 Å². The van der Waals surface area contributed by atoms with Gasteiger partial charge in [0.2, 0.25) is 17.7 Å². The van der Waals surface area contributed by atoms with Crippen molar-refractivity contribution in [3.63, 3.8) is 0 Å². The molecule has 1 aliphatic heterocycles. The van der Waals surface area contributed by atoms with Crippen molar-refractivity contribution in [3.8, 4) is 0 Å². The third kappa shape index (κ3) is 6.47. The van der Waals surface area contributed by atoms with Crippen LogP contribution in [0.15, 0.2) is 84.9 Å². The van der Waals surface area contributed by atoms with Crippen LogP contribution in [0.25, 0.3) is 10.8 Å². The Hall–Kier alpha value is -3.97. The van der Waals surface area contributed by atoms with Gasteiger partial charge in [-0.05, 0) is 28.0 Å². The van der Waals surface area contributed by atoms with Gasteiger partial charge < -0.3 is 20.4 Å². The van der Waals surface area contributed by atoms with Crippen LogP contribution in [0.2, 0.25) is 0 Å². The number of benzene rings is 3. The molecule has 1 aliphatic rings. The molecule has 0 spiro atoms. The molecular weight excluding hydrogens is 476 g/mol. The smallest absolute Gasteiger partial charge is 0.246 e. The maximum atomic E-state index is 14.0. The SMILES string of the molecule is CNC(=O)C(Cc1ccccc1)N(C)C(=O)[C@@H](Cc1ccc2ccccc2c1)N(C)C(=O)C=CC1CNC1. The lowest BCUT2D eigenvalue weighted by Crippen LogP contribution is -2.55. The molecule has 0 aliphatic carbocycles. The molecule has 1 unspecified atom stereocenters. The fraction of sp³-hybridized carbons (Fsp3) is 0.323. The number of hydrogen-bond donors (Lipinski definition) is 2. The van der Waals surface area contributed by atoms with E-state index in [1.807, 2.05) is 72.8 Å². The molecule has 7 heteroatoms. The van der Waals surface area contributed by atoms with E-state index in [4.69, 9.17) is 0 Å². The summed E-state index contributed by atoms with van der Waals surface area (Å²) in [6.07, 6.45) is 4.17. The number of hydrogen-bond acceptors (Lipinski definition) is 4. The van der Waals surface area contributed by atoms with E-state index in [-0.39, 0.29) is 17.7 Å². The topological polar surface area (TPSA) is 81.8 Å². The van der Waals surface area contributed by atoms with Gasteiger partial charge in [-0.25, -0.2) is 0 Å². The summed E-state index contributed by atoms with van der Waals surface area (Å²) >= 11 is 0. The number of likely N-dealkylation sites (N-methyl/N-ethyl adjacent to an activating group) is 3. The summed E-state index contributed by atoms with van der Waals surface area (Å²) in [5, 5.41) is 8.07. The van der Waals surface area contributed by atoms with Crippen LogP contribution >= 0.6 is 0 Å². The minimum Gasteiger partial charge on any atom is -0.357 e. The second-order valence-electron chi connectivity index (χ2n) is 9.90. The normalized spacial score (nSPS) is 15.0. The lowest BCUT2D eigenvalue weighted by molar-refractivity contribution is -0.146. The van der Waals surface area contributed by atoms with E-state index in [2.05, 4.69) is 16.7 Å². The molecule has 0 radical (unpaired) electrons. The van der Waals surface area contributed by atoms with Gasteiger partial charge in [-0.2, -0.15) is 0 Å². The highest BCUT2D eigenvalue weighted by molar-refractivity contribution is 5.95.